The number of benzene rings is 2. The second-order valence-electron chi connectivity index (χ2n) is 5.74. The van der Waals surface area contributed by atoms with Gasteiger partial charge in [-0.05, 0) is 55.9 Å². The van der Waals surface area contributed by atoms with Crippen molar-refractivity contribution in [1.82, 2.24) is 9.97 Å². The first-order valence-electron chi connectivity index (χ1n) is 8.29. The molecule has 0 fully saturated rings. The average Bonchev–Trinajstić information content (AvgIpc) is 2.64. The molecule has 4 N–H and O–H groups in total. The van der Waals surface area contributed by atoms with Gasteiger partial charge in [0, 0.05) is 54.9 Å². The Morgan fingerprint density at radius 2 is 0.967 bits per heavy atom. The fourth-order valence-corrected chi connectivity index (χ4v) is 2.69. The molecule has 0 saturated heterocycles. The standard InChI is InChI=1S/2C10H9NO.CH5N.2CH4.CH3.Y/c2*1-7-6-8-4-2-3-5-9(8)10(12)11-7;1-2;;;;/h2*2-6H,1H3,(H,11,12);2H2,1H3;2*1H4;1H3;/q;;;;;-1;. The van der Waals surface area contributed by atoms with Gasteiger partial charge in [0.15, 0.2) is 0 Å². The molecule has 0 saturated carbocycles. The Morgan fingerprint density at radius 1 is 0.667 bits per heavy atom. The molecule has 2 aromatic carbocycles. The molecule has 161 valence electrons. The Balaban J connectivity index is -0.000000400. The molecule has 30 heavy (non-hydrogen) atoms. The normalized spacial score (nSPS) is 8.53. The van der Waals surface area contributed by atoms with Crippen LogP contribution in [0.1, 0.15) is 26.2 Å². The molecular formula is C24H34N3O2Y-. The van der Waals surface area contributed by atoms with E-state index in [1.165, 1.54) is 7.05 Å². The molecule has 1 radical (unpaired) electrons. The molecule has 0 bridgehead atoms. The van der Waals surface area contributed by atoms with E-state index in [4.69, 9.17) is 0 Å². The number of hydrogen-bond acceptors (Lipinski definition) is 3. The second-order valence-corrected chi connectivity index (χ2v) is 5.74. The molecule has 2 heterocycles. The molecule has 6 heteroatoms. The third-order valence-corrected chi connectivity index (χ3v) is 3.78. The number of nitrogens with one attached hydrogen (secondary N) is 2. The van der Waals surface area contributed by atoms with Gasteiger partial charge < -0.3 is 23.1 Å². The third kappa shape index (κ3) is 8.35. The van der Waals surface area contributed by atoms with E-state index in [0.29, 0.717) is 0 Å². The summed E-state index contributed by atoms with van der Waals surface area (Å²) in [6, 6.07) is 19.1. The van der Waals surface area contributed by atoms with Crippen molar-refractivity contribution in [1.29, 1.82) is 0 Å². The number of H-pyrrole nitrogens is 2. The summed E-state index contributed by atoms with van der Waals surface area (Å²) in [5, 5.41) is 3.50. The monoisotopic (exact) mass is 485 g/mol. The second kappa shape index (κ2) is 15.7. The van der Waals surface area contributed by atoms with Crippen molar-refractivity contribution in [2.75, 3.05) is 7.05 Å². The van der Waals surface area contributed by atoms with E-state index < -0.39 is 0 Å². The minimum atomic E-state index is -0.00870. The first-order chi connectivity index (χ1) is 12.5. The summed E-state index contributed by atoms with van der Waals surface area (Å²) in [5.74, 6) is 0. The summed E-state index contributed by atoms with van der Waals surface area (Å²) < 4.78 is 0. The third-order valence-electron chi connectivity index (χ3n) is 3.78. The fraction of sp³-hybridized carbons (Fsp3) is 0.208. The molecule has 0 unspecified atom stereocenters. The summed E-state index contributed by atoms with van der Waals surface area (Å²) in [6.45, 7) is 3.77. The van der Waals surface area contributed by atoms with Gasteiger partial charge in [-0.25, -0.2) is 0 Å². The summed E-state index contributed by atoms with van der Waals surface area (Å²) in [5.41, 5.74) is 6.29. The first-order valence-corrected chi connectivity index (χ1v) is 8.29. The van der Waals surface area contributed by atoms with Crippen LogP contribution in [0.2, 0.25) is 0 Å². The van der Waals surface area contributed by atoms with Crippen molar-refractivity contribution in [3.8, 4) is 0 Å². The van der Waals surface area contributed by atoms with Crippen LogP contribution in [-0.4, -0.2) is 17.0 Å². The number of aromatic amines is 2. The van der Waals surface area contributed by atoms with E-state index >= 15 is 0 Å². The van der Waals surface area contributed by atoms with Gasteiger partial charge >= 0.3 is 0 Å². The van der Waals surface area contributed by atoms with Crippen LogP contribution in [0.3, 0.4) is 0 Å². The number of nitrogens with two attached hydrogens (primary N) is 1. The van der Waals surface area contributed by atoms with E-state index in [1.807, 2.05) is 74.5 Å². The summed E-state index contributed by atoms with van der Waals surface area (Å²) in [7, 11) is 1.50. The van der Waals surface area contributed by atoms with Crippen LogP contribution >= 0.6 is 0 Å². The van der Waals surface area contributed by atoms with Crippen LogP contribution < -0.4 is 16.9 Å². The van der Waals surface area contributed by atoms with Crippen LogP contribution in [0, 0.1) is 21.3 Å². The van der Waals surface area contributed by atoms with Gasteiger partial charge in [-0.2, -0.15) is 0 Å². The molecule has 4 rings (SSSR count). The minimum Gasteiger partial charge on any atom is -0.358 e. The van der Waals surface area contributed by atoms with Gasteiger partial charge in [0.25, 0.3) is 11.1 Å². The Kier molecular flexibility index (Phi) is 17.1. The van der Waals surface area contributed by atoms with E-state index in [-0.39, 0.29) is 66.1 Å². The van der Waals surface area contributed by atoms with Gasteiger partial charge in [-0.15, -0.1) is 0 Å². The molecule has 0 aliphatic rings. The molecule has 0 aliphatic carbocycles. The Labute approximate surface area is 205 Å². The van der Waals surface area contributed by atoms with Crippen molar-refractivity contribution in [2.24, 2.45) is 5.73 Å². The molecular weight excluding hydrogens is 451 g/mol. The SMILES string of the molecule is C.C.CN.Cc1cc2ccccc2c(=O)[nH]1.Cc1cc2ccccc2c(=O)[nH]1.[CH3-].[Y]. The largest absolute Gasteiger partial charge is 0.358 e. The number of aromatic nitrogens is 2. The van der Waals surface area contributed by atoms with E-state index in [2.05, 4.69) is 15.7 Å². The topological polar surface area (TPSA) is 91.7 Å². The smallest absolute Gasteiger partial charge is 0.256 e. The first kappa shape index (κ1) is 32.6. The van der Waals surface area contributed by atoms with E-state index in [1.54, 1.807) is 0 Å². The van der Waals surface area contributed by atoms with Crippen molar-refractivity contribution < 1.29 is 32.7 Å². The van der Waals surface area contributed by atoms with Crippen LogP contribution in [0.5, 0.6) is 0 Å². The number of rotatable bonds is 0. The maximum atomic E-state index is 11.3. The quantitative estimate of drug-likeness (QED) is 0.307. The van der Waals surface area contributed by atoms with Crippen molar-refractivity contribution in [2.45, 2.75) is 28.7 Å². The zero-order valence-corrected chi connectivity index (χ0v) is 19.6. The maximum absolute atomic E-state index is 11.3. The zero-order chi connectivity index (χ0) is 19.1. The van der Waals surface area contributed by atoms with Crippen LogP contribution in [0.25, 0.3) is 21.5 Å². The molecule has 0 aliphatic heterocycles. The van der Waals surface area contributed by atoms with Crippen LogP contribution in [-0.2, 0) is 32.7 Å². The average molecular weight is 485 g/mol. The molecule has 5 nitrogen and oxygen atoms in total. The number of hydrogen-bond donors (Lipinski definition) is 3. The summed E-state index contributed by atoms with van der Waals surface area (Å²) >= 11 is 0. The summed E-state index contributed by atoms with van der Waals surface area (Å²) in [6.07, 6.45) is 0. The van der Waals surface area contributed by atoms with Crippen LogP contribution in [0.15, 0.2) is 70.3 Å². The van der Waals surface area contributed by atoms with Crippen molar-refractivity contribution in [3.63, 3.8) is 0 Å². The van der Waals surface area contributed by atoms with E-state index in [0.717, 1.165) is 32.9 Å². The molecule has 2 aromatic heterocycles. The predicted molar refractivity (Wildman–Crippen MR) is 129 cm³/mol. The Bertz CT molecular complexity index is 1040. The van der Waals surface area contributed by atoms with Gasteiger partial charge in [0.2, 0.25) is 0 Å². The van der Waals surface area contributed by atoms with Crippen molar-refractivity contribution in [3.05, 3.63) is 100 Å². The van der Waals surface area contributed by atoms with Gasteiger partial charge in [0.05, 0.1) is 0 Å². The van der Waals surface area contributed by atoms with Crippen LogP contribution in [0.4, 0.5) is 0 Å². The molecule has 0 atom stereocenters. The summed E-state index contributed by atoms with van der Waals surface area (Å²) in [4.78, 5) is 28.2. The van der Waals surface area contributed by atoms with Crippen molar-refractivity contribution >= 4 is 21.5 Å². The fourth-order valence-electron chi connectivity index (χ4n) is 2.69. The predicted octanol–water partition coefficient (Wildman–Crippen LogP) is 4.97. The van der Waals surface area contributed by atoms with E-state index in [9.17, 15) is 9.59 Å². The molecule has 0 amide bonds. The zero-order valence-electron chi connectivity index (χ0n) is 16.7. The van der Waals surface area contributed by atoms with Gasteiger partial charge in [-0.3, -0.25) is 9.59 Å². The molecule has 4 aromatic rings. The Hall–Kier alpha value is -2.08. The van der Waals surface area contributed by atoms with Gasteiger partial charge in [-0.1, -0.05) is 51.3 Å². The number of pyridine rings is 2. The maximum Gasteiger partial charge on any atom is 0.256 e. The Morgan fingerprint density at radius 3 is 1.30 bits per heavy atom. The molecule has 0 spiro atoms. The van der Waals surface area contributed by atoms with Gasteiger partial charge in [0.1, 0.15) is 0 Å². The minimum absolute atomic E-state index is 0. The number of fused-ring (bicyclic) bond motifs is 2. The number of aryl methyl sites for hydroxylation is 2.